The van der Waals surface area contributed by atoms with E-state index in [0.717, 1.165) is 28.7 Å². The fraction of sp³-hybridized carbons (Fsp3) is 0.368. The summed E-state index contributed by atoms with van der Waals surface area (Å²) in [6.45, 7) is 0. The molecule has 0 unspecified atom stereocenters. The van der Waals surface area contributed by atoms with Crippen LogP contribution in [0.1, 0.15) is 48.9 Å². The van der Waals surface area contributed by atoms with Gasteiger partial charge in [-0.15, -0.1) is 0 Å². The molecule has 1 fully saturated rings. The number of carbonyl (C=O) groups is 1. The Morgan fingerprint density at radius 1 is 1.00 bits per heavy atom. The van der Waals surface area contributed by atoms with Gasteiger partial charge in [0.1, 0.15) is 0 Å². The molecule has 24 heavy (non-hydrogen) atoms. The van der Waals surface area contributed by atoms with Gasteiger partial charge in [0.2, 0.25) is 0 Å². The third kappa shape index (κ3) is 4.81. The standard InChI is InChI=1S/C19H22BrN3O/c20-15-7-9-17(10-8-15)22-18-11-14(12-21-13-18)19(24)23-16-5-3-1-2-4-6-16/h7-13,16,22H,1-6H2,(H,23,24). The molecule has 1 heterocycles. The van der Waals surface area contributed by atoms with Gasteiger partial charge in [-0.2, -0.15) is 0 Å². The van der Waals surface area contributed by atoms with E-state index in [2.05, 4.69) is 31.5 Å². The lowest BCUT2D eigenvalue weighted by Gasteiger charge is -2.16. The zero-order valence-electron chi connectivity index (χ0n) is 13.6. The lowest BCUT2D eigenvalue weighted by atomic mass is 10.1. The first kappa shape index (κ1) is 17.0. The van der Waals surface area contributed by atoms with Crippen molar-refractivity contribution in [3.05, 3.63) is 52.8 Å². The summed E-state index contributed by atoms with van der Waals surface area (Å²) in [4.78, 5) is 16.7. The van der Waals surface area contributed by atoms with Gasteiger partial charge in [0.15, 0.2) is 0 Å². The summed E-state index contributed by atoms with van der Waals surface area (Å²) in [7, 11) is 0. The molecule has 126 valence electrons. The molecule has 4 nitrogen and oxygen atoms in total. The van der Waals surface area contributed by atoms with Crippen LogP contribution in [0.5, 0.6) is 0 Å². The lowest BCUT2D eigenvalue weighted by molar-refractivity contribution is 0.0933. The molecule has 1 saturated carbocycles. The number of benzene rings is 1. The molecule has 0 aliphatic heterocycles. The summed E-state index contributed by atoms with van der Waals surface area (Å²) in [5.41, 5.74) is 2.37. The molecule has 2 aromatic rings. The average molecular weight is 388 g/mol. The molecule has 0 radical (unpaired) electrons. The van der Waals surface area contributed by atoms with Crippen LogP contribution < -0.4 is 10.6 Å². The summed E-state index contributed by atoms with van der Waals surface area (Å²) in [6.07, 6.45) is 10.5. The Hall–Kier alpha value is -1.88. The molecule has 1 aliphatic carbocycles. The number of hydrogen-bond acceptors (Lipinski definition) is 3. The number of pyridine rings is 1. The molecule has 1 aromatic heterocycles. The third-order valence-electron chi connectivity index (χ3n) is 4.32. The number of hydrogen-bond donors (Lipinski definition) is 2. The van der Waals surface area contributed by atoms with E-state index in [0.29, 0.717) is 11.6 Å². The number of aromatic nitrogens is 1. The second-order valence-corrected chi connectivity index (χ2v) is 7.17. The minimum absolute atomic E-state index is 0.0335. The van der Waals surface area contributed by atoms with Gasteiger partial charge in [0.05, 0.1) is 17.4 Å². The first-order chi connectivity index (χ1) is 11.7. The zero-order chi connectivity index (χ0) is 16.8. The zero-order valence-corrected chi connectivity index (χ0v) is 15.2. The highest BCUT2D eigenvalue weighted by atomic mass is 79.9. The normalized spacial score (nSPS) is 15.5. The minimum atomic E-state index is -0.0335. The molecule has 0 atom stereocenters. The van der Waals surface area contributed by atoms with Gasteiger partial charge in [-0.25, -0.2) is 0 Å². The van der Waals surface area contributed by atoms with Gasteiger partial charge in [0, 0.05) is 22.4 Å². The van der Waals surface area contributed by atoms with Crippen LogP contribution in [0.15, 0.2) is 47.2 Å². The van der Waals surface area contributed by atoms with Gasteiger partial charge in [-0.1, -0.05) is 41.6 Å². The molecule has 0 saturated heterocycles. The van der Waals surface area contributed by atoms with Crippen LogP contribution in [0.2, 0.25) is 0 Å². The molecule has 1 amide bonds. The summed E-state index contributed by atoms with van der Waals surface area (Å²) in [6, 6.07) is 10.0. The maximum Gasteiger partial charge on any atom is 0.253 e. The topological polar surface area (TPSA) is 54.0 Å². The number of nitrogens with zero attached hydrogens (tertiary/aromatic N) is 1. The van der Waals surface area contributed by atoms with Crippen LogP contribution in [-0.2, 0) is 0 Å². The third-order valence-corrected chi connectivity index (χ3v) is 4.85. The largest absolute Gasteiger partial charge is 0.354 e. The molecule has 1 aromatic carbocycles. The fourth-order valence-corrected chi connectivity index (χ4v) is 3.29. The van der Waals surface area contributed by atoms with Crippen LogP contribution in [0.3, 0.4) is 0 Å². The maximum atomic E-state index is 12.5. The molecule has 2 N–H and O–H groups in total. The van der Waals surface area contributed by atoms with Crippen LogP contribution in [0.4, 0.5) is 11.4 Å². The van der Waals surface area contributed by atoms with Crippen LogP contribution >= 0.6 is 15.9 Å². The Bertz CT molecular complexity index is 679. The van der Waals surface area contributed by atoms with Crippen molar-refractivity contribution in [2.75, 3.05) is 5.32 Å². The van der Waals surface area contributed by atoms with Gasteiger partial charge in [0.25, 0.3) is 5.91 Å². The van der Waals surface area contributed by atoms with E-state index < -0.39 is 0 Å². The number of carbonyl (C=O) groups excluding carboxylic acids is 1. The predicted molar refractivity (Wildman–Crippen MR) is 101 cm³/mol. The molecule has 0 bridgehead atoms. The number of amides is 1. The van der Waals surface area contributed by atoms with Crippen molar-refractivity contribution in [2.45, 2.75) is 44.6 Å². The summed E-state index contributed by atoms with van der Waals surface area (Å²) in [5, 5.41) is 6.44. The molecule has 0 spiro atoms. The van der Waals surface area contributed by atoms with Gasteiger partial charge < -0.3 is 10.6 Å². The van der Waals surface area contributed by atoms with Crippen molar-refractivity contribution in [1.82, 2.24) is 10.3 Å². The van der Waals surface area contributed by atoms with Crippen molar-refractivity contribution in [2.24, 2.45) is 0 Å². The summed E-state index contributed by atoms with van der Waals surface area (Å²) >= 11 is 3.42. The second-order valence-electron chi connectivity index (χ2n) is 6.26. The van der Waals surface area contributed by atoms with E-state index in [1.165, 1.54) is 25.7 Å². The highest BCUT2D eigenvalue weighted by molar-refractivity contribution is 9.10. The summed E-state index contributed by atoms with van der Waals surface area (Å²) < 4.78 is 1.03. The molecule has 5 heteroatoms. The van der Waals surface area contributed by atoms with Gasteiger partial charge >= 0.3 is 0 Å². The van der Waals surface area contributed by atoms with E-state index in [9.17, 15) is 4.79 Å². The van der Waals surface area contributed by atoms with E-state index in [1.54, 1.807) is 12.4 Å². The molecular weight excluding hydrogens is 366 g/mol. The Morgan fingerprint density at radius 2 is 1.71 bits per heavy atom. The van der Waals surface area contributed by atoms with E-state index in [4.69, 9.17) is 0 Å². The Morgan fingerprint density at radius 3 is 2.42 bits per heavy atom. The lowest BCUT2D eigenvalue weighted by Crippen LogP contribution is -2.34. The van der Waals surface area contributed by atoms with Crippen LogP contribution in [0, 0.1) is 0 Å². The molecule has 1 aliphatic rings. The van der Waals surface area contributed by atoms with Crippen molar-refractivity contribution < 1.29 is 4.79 Å². The fourth-order valence-electron chi connectivity index (χ4n) is 3.02. The first-order valence-corrected chi connectivity index (χ1v) is 9.28. The van der Waals surface area contributed by atoms with Gasteiger partial charge in [-0.05, 0) is 43.2 Å². The molecular formula is C19H22BrN3O. The highest BCUT2D eigenvalue weighted by Crippen LogP contribution is 2.20. The number of anilines is 2. The SMILES string of the molecule is O=C(NC1CCCCCC1)c1cncc(Nc2ccc(Br)cc2)c1. The number of nitrogens with one attached hydrogen (secondary N) is 2. The Balaban J connectivity index is 1.65. The summed E-state index contributed by atoms with van der Waals surface area (Å²) in [5.74, 6) is -0.0335. The number of rotatable bonds is 4. The highest BCUT2D eigenvalue weighted by Gasteiger charge is 2.16. The van der Waals surface area contributed by atoms with Crippen molar-refractivity contribution in [1.29, 1.82) is 0 Å². The first-order valence-electron chi connectivity index (χ1n) is 8.49. The Kier molecular flexibility index (Phi) is 5.86. The minimum Gasteiger partial charge on any atom is -0.354 e. The maximum absolute atomic E-state index is 12.5. The van der Waals surface area contributed by atoms with E-state index in [1.807, 2.05) is 30.3 Å². The smallest absolute Gasteiger partial charge is 0.253 e. The predicted octanol–water partition coefficient (Wildman–Crippen LogP) is 5.04. The van der Waals surface area contributed by atoms with Crippen molar-refractivity contribution in [3.8, 4) is 0 Å². The van der Waals surface area contributed by atoms with Crippen molar-refractivity contribution in [3.63, 3.8) is 0 Å². The van der Waals surface area contributed by atoms with E-state index >= 15 is 0 Å². The van der Waals surface area contributed by atoms with Crippen molar-refractivity contribution >= 4 is 33.2 Å². The number of halogens is 1. The van der Waals surface area contributed by atoms with E-state index in [-0.39, 0.29) is 5.91 Å². The van der Waals surface area contributed by atoms with Gasteiger partial charge in [-0.3, -0.25) is 9.78 Å². The second kappa shape index (κ2) is 8.29. The van der Waals surface area contributed by atoms with Crippen LogP contribution in [0.25, 0.3) is 0 Å². The quantitative estimate of drug-likeness (QED) is 0.722. The molecule has 3 rings (SSSR count). The van der Waals surface area contributed by atoms with Crippen LogP contribution in [-0.4, -0.2) is 16.9 Å². The monoisotopic (exact) mass is 387 g/mol. The average Bonchev–Trinajstić information content (AvgIpc) is 2.86. The Labute approximate surface area is 151 Å².